The molecule has 32 heavy (non-hydrogen) atoms. The molecule has 0 saturated heterocycles. The molecule has 1 saturated carbocycles. The van der Waals surface area contributed by atoms with Gasteiger partial charge in [0.15, 0.2) is 5.76 Å². The zero-order valence-corrected chi connectivity index (χ0v) is 19.0. The molecular weight excluding hydrogens is 404 g/mol. The summed E-state index contributed by atoms with van der Waals surface area (Å²) in [7, 11) is 0. The lowest BCUT2D eigenvalue weighted by atomic mass is 9.95. The van der Waals surface area contributed by atoms with Crippen molar-refractivity contribution in [2.24, 2.45) is 5.41 Å². The molecule has 0 radical (unpaired) electrons. The Hall–Kier alpha value is -3.12. The van der Waals surface area contributed by atoms with E-state index in [0.717, 1.165) is 40.9 Å². The maximum atomic E-state index is 11.5. The van der Waals surface area contributed by atoms with E-state index in [1.807, 2.05) is 56.3 Å². The zero-order chi connectivity index (χ0) is 23.3. The van der Waals surface area contributed by atoms with Crippen molar-refractivity contribution in [1.82, 2.24) is 5.16 Å². The molecule has 1 aromatic heterocycles. The maximum Gasteiger partial charge on any atom is 0.314 e. The Morgan fingerprint density at radius 3 is 2.56 bits per heavy atom. The van der Waals surface area contributed by atoms with E-state index in [1.54, 1.807) is 0 Å². The number of nitrogens with zero attached hydrogens (tertiary/aromatic N) is 1. The maximum absolute atomic E-state index is 11.5. The number of rotatable bonds is 11. The van der Waals surface area contributed by atoms with Gasteiger partial charge in [-0.2, -0.15) is 0 Å². The fourth-order valence-corrected chi connectivity index (χ4v) is 3.77. The van der Waals surface area contributed by atoms with E-state index in [9.17, 15) is 9.90 Å². The molecule has 1 fully saturated rings. The van der Waals surface area contributed by atoms with E-state index in [0.29, 0.717) is 24.2 Å². The quantitative estimate of drug-likeness (QED) is 0.397. The summed E-state index contributed by atoms with van der Waals surface area (Å²) in [6.45, 7) is 10.1. The van der Waals surface area contributed by atoms with E-state index in [2.05, 4.69) is 24.0 Å². The number of aliphatic hydroxyl groups excluding tert-OH is 1. The average Bonchev–Trinajstić information content (AvgIpc) is 3.53. The number of carboxylic acid groups (broad SMARTS) is 1. The molecule has 0 bridgehead atoms. The average molecular weight is 437 g/mol. The number of hydrogen-bond donors (Lipinski definition) is 3. The first-order valence-corrected chi connectivity index (χ1v) is 11.0. The van der Waals surface area contributed by atoms with Gasteiger partial charge in [0.2, 0.25) is 0 Å². The highest BCUT2D eigenvalue weighted by Gasteiger charge is 2.51. The standard InChI is InChI=1S/C26H32N2O4/c1-5-20(9-8-17(2)26(14-15-26)25(30)31)21-10-12-22(13-11-21)24-23(19(4)28-32-24)27-18(3)7-6-16-29/h5,8-13,18,27,29H,2,6-7,14-16H2,1,3-4H3,(H,30,31)/b9-8-,20-5+. The largest absolute Gasteiger partial charge is 0.481 e. The van der Waals surface area contributed by atoms with Crippen LogP contribution in [0.25, 0.3) is 16.9 Å². The summed E-state index contributed by atoms with van der Waals surface area (Å²) >= 11 is 0. The predicted molar refractivity (Wildman–Crippen MR) is 127 cm³/mol. The van der Waals surface area contributed by atoms with E-state index in [4.69, 9.17) is 9.63 Å². The van der Waals surface area contributed by atoms with Gasteiger partial charge < -0.3 is 20.1 Å². The minimum absolute atomic E-state index is 0.176. The SMILES string of the molecule is C=C(/C=C\C(=C/C)c1ccc(-c2onc(C)c2NC(C)CCCO)cc1)C1(C(=O)O)CC1. The molecule has 6 nitrogen and oxygen atoms in total. The predicted octanol–water partition coefficient (Wildman–Crippen LogP) is 5.60. The molecule has 1 aliphatic carbocycles. The molecule has 1 unspecified atom stereocenters. The molecule has 3 N–H and O–H groups in total. The van der Waals surface area contributed by atoms with Gasteiger partial charge in [-0.05, 0) is 63.2 Å². The Morgan fingerprint density at radius 2 is 2.00 bits per heavy atom. The number of aliphatic carboxylic acids is 1. The topological polar surface area (TPSA) is 95.6 Å². The van der Waals surface area contributed by atoms with E-state index >= 15 is 0 Å². The molecule has 0 aliphatic heterocycles. The fourth-order valence-electron chi connectivity index (χ4n) is 3.77. The first-order valence-electron chi connectivity index (χ1n) is 11.0. The summed E-state index contributed by atoms with van der Waals surface area (Å²) in [5.74, 6) is -0.107. The van der Waals surface area contributed by atoms with Crippen molar-refractivity contribution >= 4 is 17.2 Å². The monoisotopic (exact) mass is 436 g/mol. The number of nitrogens with one attached hydrogen (secondary N) is 1. The number of aromatic nitrogens is 1. The molecule has 1 heterocycles. The highest BCUT2D eigenvalue weighted by Crippen LogP contribution is 2.52. The summed E-state index contributed by atoms with van der Waals surface area (Å²) in [4.78, 5) is 11.5. The summed E-state index contributed by atoms with van der Waals surface area (Å²) < 4.78 is 5.60. The van der Waals surface area contributed by atoms with Crippen LogP contribution in [0.3, 0.4) is 0 Å². The van der Waals surface area contributed by atoms with Crippen molar-refractivity contribution in [1.29, 1.82) is 0 Å². The van der Waals surface area contributed by atoms with Crippen LogP contribution in [-0.2, 0) is 4.79 Å². The molecule has 6 heteroatoms. The normalized spacial score (nSPS) is 16.2. The summed E-state index contributed by atoms with van der Waals surface area (Å²) in [6, 6.07) is 8.19. The lowest BCUT2D eigenvalue weighted by molar-refractivity contribution is -0.141. The summed E-state index contributed by atoms with van der Waals surface area (Å²) in [5, 5.41) is 26.1. The smallest absolute Gasteiger partial charge is 0.314 e. The van der Waals surface area contributed by atoms with Crippen molar-refractivity contribution in [2.75, 3.05) is 11.9 Å². The number of benzene rings is 1. The Morgan fingerprint density at radius 1 is 1.31 bits per heavy atom. The minimum Gasteiger partial charge on any atom is -0.481 e. The molecule has 1 aliphatic rings. The Bertz CT molecular complexity index is 1030. The van der Waals surface area contributed by atoms with Gasteiger partial charge in [-0.15, -0.1) is 0 Å². The number of allylic oxidation sites excluding steroid dienone is 4. The van der Waals surface area contributed by atoms with Crippen LogP contribution in [0.2, 0.25) is 0 Å². The van der Waals surface area contributed by atoms with Crippen molar-refractivity contribution < 1.29 is 19.5 Å². The minimum atomic E-state index is -0.795. The second-order valence-electron chi connectivity index (χ2n) is 8.45. The molecule has 3 rings (SSSR count). The van der Waals surface area contributed by atoms with Crippen molar-refractivity contribution in [3.05, 3.63) is 65.9 Å². The van der Waals surface area contributed by atoms with Crippen LogP contribution in [0, 0.1) is 12.3 Å². The Labute approximate surface area is 189 Å². The first-order chi connectivity index (χ1) is 15.3. The lowest BCUT2D eigenvalue weighted by Crippen LogP contribution is -2.16. The number of aryl methyl sites for hydroxylation is 1. The van der Waals surface area contributed by atoms with Crippen molar-refractivity contribution in [3.8, 4) is 11.3 Å². The zero-order valence-electron chi connectivity index (χ0n) is 19.0. The highest BCUT2D eigenvalue weighted by molar-refractivity contribution is 5.84. The van der Waals surface area contributed by atoms with Gasteiger partial charge in [-0.1, -0.05) is 54.2 Å². The van der Waals surface area contributed by atoms with E-state index < -0.39 is 11.4 Å². The van der Waals surface area contributed by atoms with Gasteiger partial charge >= 0.3 is 5.97 Å². The number of aliphatic hydroxyl groups is 1. The number of anilines is 1. The van der Waals surface area contributed by atoms with Crippen LogP contribution < -0.4 is 5.32 Å². The third-order valence-electron chi connectivity index (χ3n) is 6.08. The molecule has 0 amide bonds. The first kappa shape index (κ1) is 23.5. The number of carbonyl (C=O) groups is 1. The third-order valence-corrected chi connectivity index (χ3v) is 6.08. The van der Waals surface area contributed by atoms with Crippen LogP contribution in [0.5, 0.6) is 0 Å². The van der Waals surface area contributed by atoms with Crippen LogP contribution in [0.15, 0.2) is 59.2 Å². The van der Waals surface area contributed by atoms with Crippen LogP contribution in [-0.4, -0.2) is 34.0 Å². The van der Waals surface area contributed by atoms with Gasteiger partial charge in [0.1, 0.15) is 11.4 Å². The molecule has 0 spiro atoms. The van der Waals surface area contributed by atoms with Crippen molar-refractivity contribution in [3.63, 3.8) is 0 Å². The molecule has 170 valence electrons. The second-order valence-corrected chi connectivity index (χ2v) is 8.45. The van der Waals surface area contributed by atoms with Gasteiger partial charge in [-0.3, -0.25) is 4.79 Å². The van der Waals surface area contributed by atoms with Crippen LogP contribution >= 0.6 is 0 Å². The lowest BCUT2D eigenvalue weighted by Gasteiger charge is -2.15. The van der Waals surface area contributed by atoms with Crippen molar-refractivity contribution in [2.45, 2.75) is 52.5 Å². The van der Waals surface area contributed by atoms with Gasteiger partial charge in [-0.25, -0.2) is 0 Å². The molecule has 1 aromatic carbocycles. The third kappa shape index (κ3) is 5.02. The summed E-state index contributed by atoms with van der Waals surface area (Å²) in [6.07, 6.45) is 8.63. The van der Waals surface area contributed by atoms with E-state index in [1.165, 1.54) is 0 Å². The summed E-state index contributed by atoms with van der Waals surface area (Å²) in [5.41, 5.74) is 4.45. The molecule has 2 aromatic rings. The van der Waals surface area contributed by atoms with Crippen LogP contribution in [0.1, 0.15) is 50.8 Å². The molecule has 1 atom stereocenters. The Kier molecular flexibility index (Phi) is 7.36. The Balaban J connectivity index is 1.75. The molecular formula is C26H32N2O4. The van der Waals surface area contributed by atoms with E-state index in [-0.39, 0.29) is 12.6 Å². The second kappa shape index (κ2) is 10.0. The number of carboxylic acids is 1. The van der Waals surface area contributed by atoms with Crippen LogP contribution in [0.4, 0.5) is 5.69 Å². The number of hydrogen-bond acceptors (Lipinski definition) is 5. The van der Waals surface area contributed by atoms with Gasteiger partial charge in [0.05, 0.1) is 5.41 Å². The van der Waals surface area contributed by atoms with Gasteiger partial charge in [0, 0.05) is 18.2 Å². The highest BCUT2D eigenvalue weighted by atomic mass is 16.5. The fraction of sp³-hybridized carbons (Fsp3) is 0.385. The van der Waals surface area contributed by atoms with Gasteiger partial charge in [0.25, 0.3) is 0 Å².